The molecule has 0 aliphatic carbocycles. The molecule has 2 rings (SSSR count). The number of carboxylic acids is 1. The second kappa shape index (κ2) is 5.65. The van der Waals surface area contributed by atoms with Gasteiger partial charge in [-0.2, -0.15) is 11.8 Å². The Bertz CT molecular complexity index is 419. The Hall–Kier alpha value is -0.870. The minimum absolute atomic E-state index is 0.246. The van der Waals surface area contributed by atoms with Crippen LogP contribution in [0.5, 0.6) is 0 Å². The molecule has 1 heterocycles. The van der Waals surface area contributed by atoms with E-state index in [2.05, 4.69) is 5.32 Å². The number of nitrogens with one attached hydrogen (secondary N) is 1. The summed E-state index contributed by atoms with van der Waals surface area (Å²) >= 11 is 7.75. The number of hydrogen-bond acceptors (Lipinski definition) is 3. The summed E-state index contributed by atoms with van der Waals surface area (Å²) in [4.78, 5) is 11.1. The molecule has 1 aliphatic heterocycles. The van der Waals surface area contributed by atoms with E-state index in [1.54, 1.807) is 12.1 Å². The summed E-state index contributed by atoms with van der Waals surface area (Å²) in [5.41, 5.74) is 0.912. The lowest BCUT2D eigenvalue weighted by Crippen LogP contribution is -2.25. The van der Waals surface area contributed by atoms with Crippen LogP contribution in [0.4, 0.5) is 5.69 Å². The predicted molar refractivity (Wildman–Crippen MR) is 72.4 cm³/mol. The van der Waals surface area contributed by atoms with Gasteiger partial charge in [0.2, 0.25) is 0 Å². The molecule has 17 heavy (non-hydrogen) atoms. The van der Waals surface area contributed by atoms with Gasteiger partial charge in [0.25, 0.3) is 0 Å². The molecule has 0 aromatic heterocycles. The average Bonchev–Trinajstić information content (AvgIpc) is 2.32. The van der Waals surface area contributed by atoms with Gasteiger partial charge in [-0.15, -0.1) is 0 Å². The number of halogens is 1. The average molecular weight is 272 g/mol. The molecule has 0 radical (unpaired) electrons. The van der Waals surface area contributed by atoms with Crippen LogP contribution < -0.4 is 5.32 Å². The highest BCUT2D eigenvalue weighted by Gasteiger charge is 2.17. The molecule has 2 N–H and O–H groups in total. The topological polar surface area (TPSA) is 49.3 Å². The van der Waals surface area contributed by atoms with E-state index in [4.69, 9.17) is 16.7 Å². The van der Waals surface area contributed by atoms with Crippen molar-refractivity contribution < 1.29 is 9.90 Å². The predicted octanol–water partition coefficient (Wildman–Crippen LogP) is 3.35. The second-order valence-electron chi connectivity index (χ2n) is 4.03. The maximum absolute atomic E-state index is 11.1. The van der Waals surface area contributed by atoms with E-state index in [-0.39, 0.29) is 5.56 Å². The van der Waals surface area contributed by atoms with E-state index in [0.29, 0.717) is 16.8 Å². The van der Waals surface area contributed by atoms with Crippen molar-refractivity contribution in [2.45, 2.75) is 18.9 Å². The number of aromatic carboxylic acids is 1. The first-order chi connectivity index (χ1) is 8.16. The number of benzene rings is 1. The number of anilines is 1. The summed E-state index contributed by atoms with van der Waals surface area (Å²) in [6.45, 7) is 0. The van der Waals surface area contributed by atoms with Gasteiger partial charge in [0.1, 0.15) is 0 Å². The van der Waals surface area contributed by atoms with Crippen LogP contribution in [-0.4, -0.2) is 28.6 Å². The minimum Gasteiger partial charge on any atom is -0.478 e. The smallest absolute Gasteiger partial charge is 0.337 e. The molecule has 0 spiro atoms. The molecular weight excluding hydrogens is 258 g/mol. The molecule has 5 heteroatoms. The van der Waals surface area contributed by atoms with Crippen LogP contribution in [0.3, 0.4) is 0 Å². The Kier molecular flexibility index (Phi) is 4.18. The Labute approximate surface area is 110 Å². The van der Waals surface area contributed by atoms with Gasteiger partial charge in [-0.05, 0) is 42.5 Å². The second-order valence-corrected chi connectivity index (χ2v) is 5.69. The zero-order valence-electron chi connectivity index (χ0n) is 9.28. The molecule has 3 nitrogen and oxygen atoms in total. The highest BCUT2D eigenvalue weighted by atomic mass is 35.5. The molecule has 0 amide bonds. The molecule has 0 saturated carbocycles. The largest absolute Gasteiger partial charge is 0.478 e. The number of thioether (sulfide) groups is 1. The first kappa shape index (κ1) is 12.6. The third kappa shape index (κ3) is 3.30. The van der Waals surface area contributed by atoms with Gasteiger partial charge in [0.15, 0.2) is 0 Å². The molecule has 0 bridgehead atoms. The molecule has 1 aromatic rings. The van der Waals surface area contributed by atoms with E-state index in [9.17, 15) is 4.79 Å². The van der Waals surface area contributed by atoms with Gasteiger partial charge in [-0.1, -0.05) is 11.6 Å². The molecule has 92 valence electrons. The van der Waals surface area contributed by atoms with Crippen LogP contribution in [0.2, 0.25) is 5.02 Å². The molecule has 0 unspecified atom stereocenters. The molecular formula is C12H14ClNO2S. The van der Waals surface area contributed by atoms with Crippen LogP contribution in [0, 0.1) is 0 Å². The summed E-state index contributed by atoms with van der Waals surface area (Å²) in [5, 5.41) is 12.9. The van der Waals surface area contributed by atoms with Crippen molar-refractivity contribution in [1.29, 1.82) is 0 Å². The van der Waals surface area contributed by atoms with Crippen molar-refractivity contribution in [3.8, 4) is 0 Å². The molecule has 1 saturated heterocycles. The van der Waals surface area contributed by atoms with Crippen molar-refractivity contribution in [3.05, 3.63) is 28.8 Å². The number of carbonyl (C=O) groups is 1. The summed E-state index contributed by atoms with van der Waals surface area (Å²) in [6, 6.07) is 5.32. The molecule has 1 aliphatic rings. The van der Waals surface area contributed by atoms with Crippen LogP contribution in [0.15, 0.2) is 18.2 Å². The fraction of sp³-hybridized carbons (Fsp3) is 0.417. The van der Waals surface area contributed by atoms with Crippen LogP contribution in [-0.2, 0) is 0 Å². The van der Waals surface area contributed by atoms with Crippen molar-refractivity contribution in [3.63, 3.8) is 0 Å². The minimum atomic E-state index is -0.944. The van der Waals surface area contributed by atoms with Gasteiger partial charge in [0, 0.05) is 16.8 Å². The van der Waals surface area contributed by atoms with Crippen LogP contribution in [0.25, 0.3) is 0 Å². The standard InChI is InChI=1S/C12H14ClNO2S/c13-8-1-2-11(10(7-8)12(15)16)14-9-3-5-17-6-4-9/h1-2,7,9,14H,3-6H2,(H,15,16). The summed E-state index contributed by atoms with van der Waals surface area (Å²) in [5.74, 6) is 1.32. The van der Waals surface area contributed by atoms with Crippen molar-refractivity contribution in [2.24, 2.45) is 0 Å². The number of hydrogen-bond donors (Lipinski definition) is 2. The number of rotatable bonds is 3. The maximum atomic E-state index is 11.1. The Morgan fingerprint density at radius 2 is 2.12 bits per heavy atom. The van der Waals surface area contributed by atoms with E-state index in [1.807, 2.05) is 11.8 Å². The highest BCUT2D eigenvalue weighted by molar-refractivity contribution is 7.99. The molecule has 1 aromatic carbocycles. The van der Waals surface area contributed by atoms with E-state index < -0.39 is 5.97 Å². The summed E-state index contributed by atoms with van der Waals surface area (Å²) < 4.78 is 0. The fourth-order valence-electron chi connectivity index (χ4n) is 1.88. The third-order valence-electron chi connectivity index (χ3n) is 2.79. The van der Waals surface area contributed by atoms with Gasteiger partial charge >= 0.3 is 5.97 Å². The van der Waals surface area contributed by atoms with E-state index in [1.165, 1.54) is 6.07 Å². The van der Waals surface area contributed by atoms with E-state index in [0.717, 1.165) is 24.3 Å². The zero-order chi connectivity index (χ0) is 12.3. The first-order valence-corrected chi connectivity index (χ1v) is 7.07. The normalized spacial score (nSPS) is 16.8. The lowest BCUT2D eigenvalue weighted by atomic mass is 10.1. The van der Waals surface area contributed by atoms with Crippen LogP contribution in [0.1, 0.15) is 23.2 Å². The Morgan fingerprint density at radius 1 is 1.41 bits per heavy atom. The van der Waals surface area contributed by atoms with Gasteiger partial charge in [-0.25, -0.2) is 4.79 Å². The molecule has 1 fully saturated rings. The Balaban J connectivity index is 2.16. The van der Waals surface area contributed by atoms with Gasteiger partial charge in [0.05, 0.1) is 5.56 Å². The molecule has 0 atom stereocenters. The van der Waals surface area contributed by atoms with Gasteiger partial charge in [-0.3, -0.25) is 0 Å². The summed E-state index contributed by atoms with van der Waals surface area (Å²) in [7, 11) is 0. The lowest BCUT2D eigenvalue weighted by Gasteiger charge is -2.24. The van der Waals surface area contributed by atoms with Crippen molar-refractivity contribution in [2.75, 3.05) is 16.8 Å². The van der Waals surface area contributed by atoms with Crippen LogP contribution >= 0.6 is 23.4 Å². The van der Waals surface area contributed by atoms with Gasteiger partial charge < -0.3 is 10.4 Å². The number of carboxylic acid groups (broad SMARTS) is 1. The third-order valence-corrected chi connectivity index (χ3v) is 4.08. The first-order valence-electron chi connectivity index (χ1n) is 5.54. The highest BCUT2D eigenvalue weighted by Crippen LogP contribution is 2.25. The Morgan fingerprint density at radius 3 is 2.76 bits per heavy atom. The van der Waals surface area contributed by atoms with E-state index >= 15 is 0 Å². The summed E-state index contributed by atoms with van der Waals surface area (Å²) in [6.07, 6.45) is 2.15. The SMILES string of the molecule is O=C(O)c1cc(Cl)ccc1NC1CCSCC1. The maximum Gasteiger partial charge on any atom is 0.337 e. The van der Waals surface area contributed by atoms with Crippen molar-refractivity contribution >= 4 is 35.0 Å². The zero-order valence-corrected chi connectivity index (χ0v) is 10.9. The quantitative estimate of drug-likeness (QED) is 0.885. The van der Waals surface area contributed by atoms with Crippen molar-refractivity contribution in [1.82, 2.24) is 0 Å². The fourth-order valence-corrected chi connectivity index (χ4v) is 3.16. The monoisotopic (exact) mass is 271 g/mol. The lowest BCUT2D eigenvalue weighted by molar-refractivity contribution is 0.0698.